The van der Waals surface area contributed by atoms with E-state index in [0.29, 0.717) is 5.92 Å². The van der Waals surface area contributed by atoms with Crippen LogP contribution in [0.15, 0.2) is 12.3 Å². The van der Waals surface area contributed by atoms with Crippen LogP contribution in [0.3, 0.4) is 0 Å². The molecule has 1 aromatic rings. The molecule has 0 saturated heterocycles. The lowest BCUT2D eigenvalue weighted by Gasteiger charge is -2.34. The second-order valence-electron chi connectivity index (χ2n) is 5.69. The van der Waals surface area contributed by atoms with Gasteiger partial charge in [0.05, 0.1) is 11.8 Å². The summed E-state index contributed by atoms with van der Waals surface area (Å²) in [7, 11) is 0. The number of aryl methyl sites for hydroxylation is 1. The van der Waals surface area contributed by atoms with Crippen LogP contribution >= 0.6 is 0 Å². The van der Waals surface area contributed by atoms with Crippen molar-refractivity contribution in [3.05, 3.63) is 18.0 Å². The van der Waals surface area contributed by atoms with Gasteiger partial charge in [-0.2, -0.15) is 5.10 Å². The molecule has 0 radical (unpaired) electrons. The van der Waals surface area contributed by atoms with E-state index in [9.17, 15) is 5.11 Å². The molecule has 17 heavy (non-hydrogen) atoms. The predicted octanol–water partition coefficient (Wildman–Crippen LogP) is 3.01. The van der Waals surface area contributed by atoms with Crippen molar-refractivity contribution in [2.45, 2.75) is 52.7 Å². The van der Waals surface area contributed by atoms with E-state index >= 15 is 0 Å². The average Bonchev–Trinajstić information content (AvgIpc) is 2.74. The molecule has 2 rings (SSSR count). The molecule has 3 unspecified atom stereocenters. The summed E-state index contributed by atoms with van der Waals surface area (Å²) in [6.07, 6.45) is 5.03. The van der Waals surface area contributed by atoms with Crippen molar-refractivity contribution in [3.63, 3.8) is 0 Å². The molecule has 1 aliphatic rings. The van der Waals surface area contributed by atoms with E-state index in [1.54, 1.807) is 6.20 Å². The van der Waals surface area contributed by atoms with Crippen molar-refractivity contribution in [1.82, 2.24) is 9.78 Å². The predicted molar refractivity (Wildman–Crippen MR) is 68.5 cm³/mol. The molecule has 1 saturated carbocycles. The third kappa shape index (κ3) is 2.71. The largest absolute Gasteiger partial charge is 0.387 e. The van der Waals surface area contributed by atoms with Crippen LogP contribution in [-0.4, -0.2) is 14.9 Å². The van der Waals surface area contributed by atoms with E-state index in [4.69, 9.17) is 0 Å². The van der Waals surface area contributed by atoms with Crippen molar-refractivity contribution in [1.29, 1.82) is 0 Å². The Labute approximate surface area is 104 Å². The Bertz CT molecular complexity index is 351. The second kappa shape index (κ2) is 5.21. The Hall–Kier alpha value is -0.830. The molecule has 0 bridgehead atoms. The van der Waals surface area contributed by atoms with Crippen LogP contribution in [0.2, 0.25) is 0 Å². The lowest BCUT2D eigenvalue weighted by Crippen LogP contribution is -2.26. The van der Waals surface area contributed by atoms with Gasteiger partial charge in [-0.3, -0.25) is 4.68 Å². The molecule has 3 atom stereocenters. The number of rotatable bonds is 3. The van der Waals surface area contributed by atoms with Crippen LogP contribution in [0.5, 0.6) is 0 Å². The summed E-state index contributed by atoms with van der Waals surface area (Å²) < 4.78 is 1.91. The number of aliphatic hydroxyl groups excluding tert-OH is 1. The third-order valence-corrected chi connectivity index (χ3v) is 4.01. The molecule has 1 fully saturated rings. The summed E-state index contributed by atoms with van der Waals surface area (Å²) in [4.78, 5) is 0. The maximum Gasteiger partial charge on any atom is 0.0984 e. The van der Waals surface area contributed by atoms with E-state index < -0.39 is 0 Å². The first-order valence-electron chi connectivity index (χ1n) is 6.81. The van der Waals surface area contributed by atoms with Gasteiger partial charge in [0.25, 0.3) is 0 Å². The normalized spacial score (nSPS) is 31.4. The highest BCUT2D eigenvalue weighted by molar-refractivity contribution is 5.06. The molecule has 96 valence electrons. The van der Waals surface area contributed by atoms with Crippen LogP contribution in [-0.2, 0) is 6.54 Å². The number of hydrogen-bond donors (Lipinski definition) is 1. The van der Waals surface area contributed by atoms with Gasteiger partial charge in [-0.1, -0.05) is 13.8 Å². The molecule has 3 heteroatoms. The highest BCUT2D eigenvalue weighted by Gasteiger charge is 2.31. The summed E-state index contributed by atoms with van der Waals surface area (Å²) >= 11 is 0. The Morgan fingerprint density at radius 2 is 2.00 bits per heavy atom. The van der Waals surface area contributed by atoms with Crippen molar-refractivity contribution in [3.8, 4) is 0 Å². The molecular formula is C14H24N2O. The Morgan fingerprint density at radius 3 is 2.59 bits per heavy atom. The van der Waals surface area contributed by atoms with Crippen molar-refractivity contribution in [2.75, 3.05) is 0 Å². The maximum absolute atomic E-state index is 10.5. The zero-order chi connectivity index (χ0) is 12.4. The average molecular weight is 236 g/mol. The van der Waals surface area contributed by atoms with E-state index in [-0.39, 0.29) is 6.10 Å². The molecule has 0 spiro atoms. The summed E-state index contributed by atoms with van der Waals surface area (Å²) in [6, 6.07) is 1.96. The Balaban J connectivity index is 2.11. The van der Waals surface area contributed by atoms with Gasteiger partial charge >= 0.3 is 0 Å². The van der Waals surface area contributed by atoms with Crippen LogP contribution < -0.4 is 0 Å². The zero-order valence-electron chi connectivity index (χ0n) is 11.1. The highest BCUT2D eigenvalue weighted by atomic mass is 16.3. The highest BCUT2D eigenvalue weighted by Crippen LogP contribution is 2.39. The van der Waals surface area contributed by atoms with Gasteiger partial charge in [0.1, 0.15) is 0 Å². The van der Waals surface area contributed by atoms with E-state index in [0.717, 1.165) is 36.9 Å². The first-order chi connectivity index (χ1) is 8.11. The number of hydrogen-bond acceptors (Lipinski definition) is 2. The fourth-order valence-corrected chi connectivity index (χ4v) is 3.37. The molecule has 1 heterocycles. The Morgan fingerprint density at radius 1 is 1.35 bits per heavy atom. The van der Waals surface area contributed by atoms with Gasteiger partial charge in [-0.05, 0) is 50.0 Å². The zero-order valence-corrected chi connectivity index (χ0v) is 11.1. The second-order valence-corrected chi connectivity index (χ2v) is 5.69. The Kier molecular flexibility index (Phi) is 3.87. The van der Waals surface area contributed by atoms with Gasteiger partial charge in [-0.25, -0.2) is 0 Å². The molecule has 1 aliphatic carbocycles. The van der Waals surface area contributed by atoms with Crippen molar-refractivity contribution >= 4 is 0 Å². The number of aromatic nitrogens is 2. The molecule has 1 aromatic heterocycles. The van der Waals surface area contributed by atoms with Gasteiger partial charge in [-0.15, -0.1) is 0 Å². The minimum atomic E-state index is -0.345. The minimum Gasteiger partial charge on any atom is -0.387 e. The lowest BCUT2D eigenvalue weighted by atomic mass is 9.74. The third-order valence-electron chi connectivity index (χ3n) is 4.01. The topological polar surface area (TPSA) is 38.0 Å². The number of aliphatic hydroxyl groups is 1. The van der Waals surface area contributed by atoms with Crippen LogP contribution in [0.4, 0.5) is 0 Å². The summed E-state index contributed by atoms with van der Waals surface area (Å²) in [6.45, 7) is 7.49. The van der Waals surface area contributed by atoms with E-state index in [1.807, 2.05) is 10.7 Å². The van der Waals surface area contributed by atoms with E-state index in [1.165, 1.54) is 6.42 Å². The first kappa shape index (κ1) is 12.6. The van der Waals surface area contributed by atoms with Gasteiger partial charge < -0.3 is 5.11 Å². The summed E-state index contributed by atoms with van der Waals surface area (Å²) in [5, 5.41) is 14.8. The quantitative estimate of drug-likeness (QED) is 0.876. The standard InChI is InChI=1S/C14H24N2O/c1-4-16-13(5-6-15-16)14(17)12-8-10(2)7-11(3)9-12/h5-6,10-12,14,17H,4,7-9H2,1-3H3. The first-order valence-corrected chi connectivity index (χ1v) is 6.81. The summed E-state index contributed by atoms with van der Waals surface area (Å²) in [5.41, 5.74) is 0.985. The monoisotopic (exact) mass is 236 g/mol. The number of nitrogens with zero attached hydrogens (tertiary/aromatic N) is 2. The van der Waals surface area contributed by atoms with Crippen LogP contribution in [0.25, 0.3) is 0 Å². The van der Waals surface area contributed by atoms with Crippen molar-refractivity contribution in [2.24, 2.45) is 17.8 Å². The molecule has 3 nitrogen and oxygen atoms in total. The molecule has 1 N–H and O–H groups in total. The summed E-state index contributed by atoms with van der Waals surface area (Å²) in [5.74, 6) is 1.86. The fraction of sp³-hybridized carbons (Fsp3) is 0.786. The maximum atomic E-state index is 10.5. The SMILES string of the molecule is CCn1nccc1C(O)C1CC(C)CC(C)C1. The van der Waals surface area contributed by atoms with Gasteiger partial charge in [0.15, 0.2) is 0 Å². The molecule has 0 amide bonds. The fourth-order valence-electron chi connectivity index (χ4n) is 3.37. The van der Waals surface area contributed by atoms with Crippen molar-refractivity contribution < 1.29 is 5.11 Å². The molecule has 0 aliphatic heterocycles. The lowest BCUT2D eigenvalue weighted by molar-refractivity contribution is 0.0489. The minimum absolute atomic E-state index is 0.345. The van der Waals surface area contributed by atoms with Crippen LogP contribution in [0, 0.1) is 17.8 Å². The van der Waals surface area contributed by atoms with E-state index in [2.05, 4.69) is 25.9 Å². The molecule has 0 aromatic carbocycles. The smallest absolute Gasteiger partial charge is 0.0984 e. The van der Waals surface area contributed by atoms with Gasteiger partial charge in [0, 0.05) is 12.7 Å². The molecular weight excluding hydrogens is 212 g/mol. The van der Waals surface area contributed by atoms with Gasteiger partial charge in [0.2, 0.25) is 0 Å². The van der Waals surface area contributed by atoms with Crippen LogP contribution in [0.1, 0.15) is 51.8 Å².